The van der Waals surface area contributed by atoms with Gasteiger partial charge in [-0.3, -0.25) is 0 Å². The molecular formula is C23H17ClFN5. The molecule has 0 radical (unpaired) electrons. The summed E-state index contributed by atoms with van der Waals surface area (Å²) in [7, 11) is 0. The van der Waals surface area contributed by atoms with Gasteiger partial charge in [-0.15, -0.1) is 5.10 Å². The van der Waals surface area contributed by atoms with Crippen LogP contribution in [0.3, 0.4) is 0 Å². The van der Waals surface area contributed by atoms with E-state index in [1.165, 1.54) is 17.7 Å². The second kappa shape index (κ2) is 7.72. The zero-order chi connectivity index (χ0) is 20.5. The molecule has 0 amide bonds. The summed E-state index contributed by atoms with van der Waals surface area (Å²) in [6, 6.07) is 22.1. The quantitative estimate of drug-likeness (QED) is 0.416. The smallest absolute Gasteiger partial charge is 0.186 e. The van der Waals surface area contributed by atoms with Gasteiger partial charge in [-0.25, -0.2) is 9.37 Å². The van der Waals surface area contributed by atoms with E-state index in [0.717, 1.165) is 17.3 Å². The molecule has 1 N–H and O–H groups in total. The molecule has 0 aliphatic carbocycles. The molecule has 0 atom stereocenters. The first-order valence-electron chi connectivity index (χ1n) is 9.57. The number of aromatic nitrogens is 4. The molecule has 0 aliphatic rings. The summed E-state index contributed by atoms with van der Waals surface area (Å²) < 4.78 is 15.4. The number of hydrogen-bond acceptors (Lipinski definition) is 4. The largest absolute Gasteiger partial charge is 0.369 e. The standard InChI is InChI=1S/C23H17ClFN5/c24-17-9-10-20-19(14-17)22(26-12-11-15-5-2-1-3-6-15)27-23-21(28-29-30(20)23)16-7-4-8-18(25)13-16/h1-10,13-14H,11-12H2,(H,26,27). The normalized spacial score (nSPS) is 11.3. The average Bonchev–Trinajstić information content (AvgIpc) is 3.18. The Morgan fingerprint density at radius 1 is 0.967 bits per heavy atom. The summed E-state index contributed by atoms with van der Waals surface area (Å²) in [6.45, 7) is 0.700. The van der Waals surface area contributed by atoms with Crippen LogP contribution in [0.4, 0.5) is 10.2 Å². The molecule has 2 aromatic heterocycles. The predicted octanol–water partition coefficient (Wildman–Crippen LogP) is 5.39. The minimum atomic E-state index is -0.331. The Bertz CT molecular complexity index is 1350. The zero-order valence-corrected chi connectivity index (χ0v) is 16.6. The SMILES string of the molecule is Fc1cccc(-c2nnn3c2nc(NCCc2ccccc2)c2cc(Cl)ccc23)c1. The van der Waals surface area contributed by atoms with Gasteiger partial charge >= 0.3 is 0 Å². The van der Waals surface area contributed by atoms with Gasteiger partial charge in [0.05, 0.1) is 5.52 Å². The highest BCUT2D eigenvalue weighted by Gasteiger charge is 2.16. The van der Waals surface area contributed by atoms with Gasteiger partial charge in [-0.1, -0.05) is 59.3 Å². The number of nitrogens with zero attached hydrogens (tertiary/aromatic N) is 4. The van der Waals surface area contributed by atoms with Gasteiger partial charge in [0, 0.05) is 22.5 Å². The maximum atomic E-state index is 13.8. The zero-order valence-electron chi connectivity index (χ0n) is 15.9. The van der Waals surface area contributed by atoms with Gasteiger partial charge in [-0.2, -0.15) is 4.52 Å². The van der Waals surface area contributed by atoms with E-state index in [-0.39, 0.29) is 5.82 Å². The van der Waals surface area contributed by atoms with Gasteiger partial charge in [0.25, 0.3) is 0 Å². The number of fused-ring (bicyclic) bond motifs is 3. The number of halogens is 2. The van der Waals surface area contributed by atoms with Crippen LogP contribution < -0.4 is 5.32 Å². The van der Waals surface area contributed by atoms with Crippen molar-refractivity contribution in [1.82, 2.24) is 19.8 Å². The fraction of sp³-hybridized carbons (Fsp3) is 0.0870. The van der Waals surface area contributed by atoms with Crippen LogP contribution >= 0.6 is 11.6 Å². The van der Waals surface area contributed by atoms with E-state index in [1.54, 1.807) is 22.7 Å². The third-order valence-corrected chi connectivity index (χ3v) is 5.19. The molecule has 3 aromatic carbocycles. The van der Waals surface area contributed by atoms with Crippen molar-refractivity contribution >= 4 is 34.0 Å². The van der Waals surface area contributed by atoms with E-state index in [0.29, 0.717) is 34.3 Å². The molecular weight excluding hydrogens is 401 g/mol. The number of benzene rings is 3. The molecule has 5 rings (SSSR count). The van der Waals surface area contributed by atoms with Crippen LogP contribution in [0.1, 0.15) is 5.56 Å². The van der Waals surface area contributed by atoms with Gasteiger partial charge in [0.15, 0.2) is 5.65 Å². The van der Waals surface area contributed by atoms with Crippen LogP contribution in [0.15, 0.2) is 72.8 Å². The van der Waals surface area contributed by atoms with Crippen LogP contribution in [-0.2, 0) is 6.42 Å². The number of hydrogen-bond donors (Lipinski definition) is 1. The Hall–Kier alpha value is -3.51. The van der Waals surface area contributed by atoms with E-state index in [2.05, 4.69) is 27.8 Å². The van der Waals surface area contributed by atoms with Gasteiger partial charge in [0.1, 0.15) is 17.3 Å². The first-order chi connectivity index (χ1) is 14.7. The van der Waals surface area contributed by atoms with Crippen LogP contribution in [0.2, 0.25) is 5.02 Å². The van der Waals surface area contributed by atoms with Crippen LogP contribution in [0, 0.1) is 5.82 Å². The van der Waals surface area contributed by atoms with Crippen molar-refractivity contribution < 1.29 is 4.39 Å². The highest BCUT2D eigenvalue weighted by Crippen LogP contribution is 2.30. The second-order valence-corrected chi connectivity index (χ2v) is 7.40. The Balaban J connectivity index is 1.60. The molecule has 0 spiro atoms. The molecule has 0 fully saturated rings. The number of nitrogens with one attached hydrogen (secondary N) is 1. The molecule has 5 nitrogen and oxygen atoms in total. The summed E-state index contributed by atoms with van der Waals surface area (Å²) in [6.07, 6.45) is 0.851. The summed E-state index contributed by atoms with van der Waals surface area (Å²) in [5, 5.41) is 13.4. The molecule has 148 valence electrons. The molecule has 0 saturated heterocycles. The van der Waals surface area contributed by atoms with Crippen LogP contribution in [-0.4, -0.2) is 26.4 Å². The molecule has 5 aromatic rings. The molecule has 0 unspecified atom stereocenters. The summed E-state index contributed by atoms with van der Waals surface area (Å²) in [5.74, 6) is 0.360. The fourth-order valence-corrected chi connectivity index (χ4v) is 3.69. The maximum Gasteiger partial charge on any atom is 0.186 e. The summed E-state index contributed by atoms with van der Waals surface area (Å²) in [4.78, 5) is 4.79. The van der Waals surface area contributed by atoms with Crippen molar-refractivity contribution in [2.24, 2.45) is 0 Å². The van der Waals surface area contributed by atoms with E-state index in [4.69, 9.17) is 16.6 Å². The molecule has 2 heterocycles. The Morgan fingerprint density at radius 3 is 2.67 bits per heavy atom. The fourth-order valence-electron chi connectivity index (χ4n) is 3.52. The van der Waals surface area contributed by atoms with Crippen molar-refractivity contribution in [3.8, 4) is 11.3 Å². The predicted molar refractivity (Wildman–Crippen MR) is 117 cm³/mol. The van der Waals surface area contributed by atoms with Crippen LogP contribution in [0.5, 0.6) is 0 Å². The highest BCUT2D eigenvalue weighted by atomic mass is 35.5. The van der Waals surface area contributed by atoms with Crippen molar-refractivity contribution in [3.63, 3.8) is 0 Å². The Morgan fingerprint density at radius 2 is 1.83 bits per heavy atom. The maximum absolute atomic E-state index is 13.8. The number of anilines is 1. The first kappa shape index (κ1) is 18.5. The Kier molecular flexibility index (Phi) is 4.77. The first-order valence-corrected chi connectivity index (χ1v) is 9.95. The summed E-state index contributed by atoms with van der Waals surface area (Å²) in [5.41, 5.74) is 3.76. The molecule has 7 heteroatoms. The Labute approximate surface area is 177 Å². The van der Waals surface area contributed by atoms with Gasteiger partial charge in [0.2, 0.25) is 0 Å². The highest BCUT2D eigenvalue weighted by molar-refractivity contribution is 6.31. The average molecular weight is 418 g/mol. The topological polar surface area (TPSA) is 55.1 Å². The lowest BCUT2D eigenvalue weighted by molar-refractivity contribution is 0.628. The minimum absolute atomic E-state index is 0.331. The van der Waals surface area contributed by atoms with E-state index in [1.807, 2.05) is 30.3 Å². The third kappa shape index (κ3) is 3.46. The molecule has 30 heavy (non-hydrogen) atoms. The number of rotatable bonds is 5. The third-order valence-electron chi connectivity index (χ3n) is 4.95. The molecule has 0 aliphatic heterocycles. The van der Waals surface area contributed by atoms with Gasteiger partial charge in [-0.05, 0) is 42.3 Å². The van der Waals surface area contributed by atoms with Crippen LogP contribution in [0.25, 0.3) is 27.8 Å². The van der Waals surface area contributed by atoms with Crippen molar-refractivity contribution in [2.75, 3.05) is 11.9 Å². The van der Waals surface area contributed by atoms with Gasteiger partial charge < -0.3 is 5.32 Å². The summed E-state index contributed by atoms with van der Waals surface area (Å²) >= 11 is 6.25. The van der Waals surface area contributed by atoms with E-state index in [9.17, 15) is 4.39 Å². The lowest BCUT2D eigenvalue weighted by Gasteiger charge is -2.11. The van der Waals surface area contributed by atoms with E-state index < -0.39 is 0 Å². The monoisotopic (exact) mass is 417 g/mol. The lowest BCUT2D eigenvalue weighted by Crippen LogP contribution is -2.08. The lowest BCUT2D eigenvalue weighted by atomic mass is 10.1. The van der Waals surface area contributed by atoms with Crippen molar-refractivity contribution in [3.05, 3.63) is 89.2 Å². The second-order valence-electron chi connectivity index (χ2n) is 6.97. The van der Waals surface area contributed by atoms with E-state index >= 15 is 0 Å². The minimum Gasteiger partial charge on any atom is -0.369 e. The molecule has 0 bridgehead atoms. The van der Waals surface area contributed by atoms with Crippen molar-refractivity contribution in [1.29, 1.82) is 0 Å². The van der Waals surface area contributed by atoms with Crippen molar-refractivity contribution in [2.45, 2.75) is 6.42 Å². The molecule has 0 saturated carbocycles.